The highest BCUT2D eigenvalue weighted by atomic mass is 35.5. The number of hydrogen-bond acceptors (Lipinski definition) is 6. The number of para-hydroxylation sites is 1. The van der Waals surface area contributed by atoms with Crippen molar-refractivity contribution >= 4 is 34.0 Å². The van der Waals surface area contributed by atoms with Crippen molar-refractivity contribution in [3.8, 4) is 34.1 Å². The quantitative estimate of drug-likeness (QED) is 0.276. The first-order chi connectivity index (χ1) is 18.5. The number of rotatable bonds is 6. The van der Waals surface area contributed by atoms with Crippen LogP contribution < -0.4 is 14.8 Å². The molecule has 0 aliphatic heterocycles. The predicted molar refractivity (Wildman–Crippen MR) is 151 cm³/mol. The lowest BCUT2D eigenvalue weighted by Crippen LogP contribution is -2.23. The van der Waals surface area contributed by atoms with Crippen LogP contribution in [0.2, 0.25) is 5.02 Å². The van der Waals surface area contributed by atoms with Gasteiger partial charge in [-0.3, -0.25) is 4.79 Å². The molecule has 0 amide bonds. The highest BCUT2D eigenvalue weighted by molar-refractivity contribution is 7.15. The molecule has 0 fully saturated rings. The maximum atomic E-state index is 13.3. The Bertz CT molecular complexity index is 1870. The van der Waals surface area contributed by atoms with Crippen molar-refractivity contribution in [2.24, 2.45) is 0 Å². The Morgan fingerprint density at radius 3 is 2.53 bits per heavy atom. The van der Waals surface area contributed by atoms with Crippen LogP contribution in [-0.2, 0) is 0 Å². The summed E-state index contributed by atoms with van der Waals surface area (Å²) in [7, 11) is 0. The van der Waals surface area contributed by atoms with E-state index < -0.39 is 0 Å². The molecule has 0 aliphatic carbocycles. The topological polar surface area (TPSA) is 74.3 Å². The van der Waals surface area contributed by atoms with Crippen LogP contribution in [-0.4, -0.2) is 31.0 Å². The van der Waals surface area contributed by atoms with Gasteiger partial charge >= 0.3 is 0 Å². The van der Waals surface area contributed by atoms with E-state index in [2.05, 4.69) is 10.1 Å². The van der Waals surface area contributed by atoms with Gasteiger partial charge in [-0.05, 0) is 80.1 Å². The Balaban J connectivity index is 1.48. The highest BCUT2D eigenvalue weighted by Gasteiger charge is 2.16. The molecule has 9 heteroatoms. The van der Waals surface area contributed by atoms with Crippen molar-refractivity contribution in [3.05, 3.63) is 110 Å². The van der Waals surface area contributed by atoms with Crippen LogP contribution in [0.4, 0.5) is 0 Å². The third kappa shape index (κ3) is 4.49. The zero-order valence-electron chi connectivity index (χ0n) is 20.6. The minimum Gasteiger partial charge on any atom is -0.494 e. The number of hydrogen-bond donors (Lipinski definition) is 0. The summed E-state index contributed by atoms with van der Waals surface area (Å²) in [6, 6.07) is 23.1. The van der Waals surface area contributed by atoms with Crippen LogP contribution in [0.1, 0.15) is 18.1 Å². The molecule has 0 radical (unpaired) electrons. The first-order valence-electron chi connectivity index (χ1n) is 12.1. The average molecular weight is 540 g/mol. The largest absolute Gasteiger partial charge is 0.494 e. The van der Waals surface area contributed by atoms with E-state index >= 15 is 0 Å². The van der Waals surface area contributed by atoms with Crippen molar-refractivity contribution < 1.29 is 4.74 Å². The Labute approximate surface area is 227 Å². The summed E-state index contributed by atoms with van der Waals surface area (Å²) < 4.78 is 9.38. The second-order valence-electron chi connectivity index (χ2n) is 8.68. The van der Waals surface area contributed by atoms with E-state index in [1.54, 1.807) is 12.1 Å². The molecule has 6 rings (SSSR count). The number of aryl methyl sites for hydroxylation is 1. The zero-order valence-corrected chi connectivity index (χ0v) is 22.2. The molecule has 3 aromatic carbocycles. The number of fused-ring (bicyclic) bond motifs is 1. The number of thiazole rings is 1. The van der Waals surface area contributed by atoms with Crippen molar-refractivity contribution in [3.63, 3.8) is 0 Å². The monoisotopic (exact) mass is 539 g/mol. The third-order valence-electron chi connectivity index (χ3n) is 6.10. The van der Waals surface area contributed by atoms with Gasteiger partial charge < -0.3 is 4.74 Å². The van der Waals surface area contributed by atoms with Gasteiger partial charge in [0.1, 0.15) is 11.4 Å². The second kappa shape index (κ2) is 9.89. The lowest BCUT2D eigenvalue weighted by molar-refractivity contribution is 0.340. The van der Waals surface area contributed by atoms with E-state index in [4.69, 9.17) is 21.4 Å². The second-order valence-corrected chi connectivity index (χ2v) is 10.1. The summed E-state index contributed by atoms with van der Waals surface area (Å²) in [5, 5.41) is 10.00. The standard InChI is InChI=1S/C29H22ClN5O2S/c1-3-37-23-13-14-24(18(2)15-23)26-20(17-34(32-26)22-7-5-4-6-8-22)16-25-28(36)35-29(38-25)31-27(33-35)19-9-11-21(30)12-10-19/h4-17H,3H2,1-2H3/b25-16-. The van der Waals surface area contributed by atoms with Crippen LogP contribution in [0.25, 0.3) is 39.4 Å². The molecule has 7 nitrogen and oxygen atoms in total. The van der Waals surface area contributed by atoms with Gasteiger partial charge in [0.15, 0.2) is 5.82 Å². The summed E-state index contributed by atoms with van der Waals surface area (Å²) in [5.41, 5.74) is 5.09. The molecule has 0 unspecified atom stereocenters. The van der Waals surface area contributed by atoms with Gasteiger partial charge in [0.05, 0.1) is 16.8 Å². The molecular formula is C29H22ClN5O2S. The first-order valence-corrected chi connectivity index (χ1v) is 13.3. The lowest BCUT2D eigenvalue weighted by atomic mass is 10.0. The summed E-state index contributed by atoms with van der Waals surface area (Å²) in [4.78, 5) is 18.4. The van der Waals surface area contributed by atoms with Crippen molar-refractivity contribution in [1.29, 1.82) is 0 Å². The molecule has 0 spiro atoms. The number of benzene rings is 3. The normalized spacial score (nSPS) is 11.9. The minimum absolute atomic E-state index is 0.223. The van der Waals surface area contributed by atoms with E-state index in [9.17, 15) is 4.79 Å². The van der Waals surface area contributed by atoms with Gasteiger partial charge in [-0.2, -0.15) is 14.6 Å². The third-order valence-corrected chi connectivity index (χ3v) is 7.31. The van der Waals surface area contributed by atoms with Crippen LogP contribution in [0.5, 0.6) is 5.75 Å². The Morgan fingerprint density at radius 2 is 1.82 bits per heavy atom. The van der Waals surface area contributed by atoms with Gasteiger partial charge in [-0.15, -0.1) is 5.10 Å². The first kappa shape index (κ1) is 24.1. The summed E-state index contributed by atoms with van der Waals surface area (Å²) in [6.45, 7) is 4.59. The van der Waals surface area contributed by atoms with Crippen LogP contribution in [0, 0.1) is 6.92 Å². The molecule has 0 N–H and O–H groups in total. The van der Waals surface area contributed by atoms with Crippen LogP contribution in [0.3, 0.4) is 0 Å². The van der Waals surface area contributed by atoms with E-state index in [-0.39, 0.29) is 5.56 Å². The van der Waals surface area contributed by atoms with Crippen LogP contribution in [0.15, 0.2) is 83.8 Å². The van der Waals surface area contributed by atoms with E-state index in [1.807, 2.05) is 91.5 Å². The summed E-state index contributed by atoms with van der Waals surface area (Å²) in [5.74, 6) is 1.30. The molecule has 3 aromatic heterocycles. The molecular weight excluding hydrogens is 518 g/mol. The molecule has 188 valence electrons. The fraction of sp³-hybridized carbons (Fsp3) is 0.103. The van der Waals surface area contributed by atoms with Crippen LogP contribution >= 0.6 is 22.9 Å². The minimum atomic E-state index is -0.223. The van der Waals surface area contributed by atoms with Crippen molar-refractivity contribution in [2.75, 3.05) is 6.61 Å². The molecule has 0 bridgehead atoms. The van der Waals surface area contributed by atoms with E-state index in [0.29, 0.717) is 26.9 Å². The Morgan fingerprint density at radius 1 is 1.03 bits per heavy atom. The maximum absolute atomic E-state index is 13.3. The van der Waals surface area contributed by atoms with Gasteiger partial charge in [-0.1, -0.05) is 41.1 Å². The zero-order chi connectivity index (χ0) is 26.2. The number of halogens is 1. The van der Waals surface area contributed by atoms with E-state index in [1.165, 1.54) is 15.9 Å². The SMILES string of the molecule is CCOc1ccc(-c2nn(-c3ccccc3)cc2/C=c2\sc3nc(-c4ccc(Cl)cc4)nn3c2=O)c(C)c1. The number of nitrogens with zero attached hydrogens (tertiary/aromatic N) is 5. The molecule has 0 aliphatic rings. The molecule has 0 saturated carbocycles. The smallest absolute Gasteiger partial charge is 0.291 e. The molecule has 0 saturated heterocycles. The Kier molecular flexibility index (Phi) is 6.27. The lowest BCUT2D eigenvalue weighted by Gasteiger charge is -2.08. The number of aromatic nitrogens is 5. The molecule has 38 heavy (non-hydrogen) atoms. The Hall–Kier alpha value is -4.27. The highest BCUT2D eigenvalue weighted by Crippen LogP contribution is 2.30. The molecule has 6 aromatic rings. The van der Waals surface area contributed by atoms with Crippen molar-refractivity contribution in [2.45, 2.75) is 13.8 Å². The average Bonchev–Trinajstić information content (AvgIpc) is 3.61. The maximum Gasteiger partial charge on any atom is 0.291 e. The summed E-state index contributed by atoms with van der Waals surface area (Å²) >= 11 is 7.30. The van der Waals surface area contributed by atoms with E-state index in [0.717, 1.165) is 39.4 Å². The predicted octanol–water partition coefficient (Wildman–Crippen LogP) is 5.58. The fourth-order valence-electron chi connectivity index (χ4n) is 4.27. The number of ether oxygens (including phenoxy) is 1. The van der Waals surface area contributed by atoms with Gasteiger partial charge in [0.25, 0.3) is 5.56 Å². The van der Waals surface area contributed by atoms with Gasteiger partial charge in [0, 0.05) is 27.9 Å². The van der Waals surface area contributed by atoms with Gasteiger partial charge in [0.2, 0.25) is 4.96 Å². The molecule has 3 heterocycles. The molecule has 0 atom stereocenters. The van der Waals surface area contributed by atoms with Crippen molar-refractivity contribution in [1.82, 2.24) is 24.4 Å². The fourth-order valence-corrected chi connectivity index (χ4v) is 5.29. The summed E-state index contributed by atoms with van der Waals surface area (Å²) in [6.07, 6.45) is 3.80. The van der Waals surface area contributed by atoms with Gasteiger partial charge in [-0.25, -0.2) is 4.68 Å².